The van der Waals surface area contributed by atoms with Gasteiger partial charge in [0, 0.05) is 16.6 Å². The third kappa shape index (κ3) is 3.88. The van der Waals surface area contributed by atoms with E-state index in [-0.39, 0.29) is 28.2 Å². The van der Waals surface area contributed by atoms with Gasteiger partial charge in [0.2, 0.25) is 0 Å². The van der Waals surface area contributed by atoms with Crippen molar-refractivity contribution in [2.24, 2.45) is 22.2 Å². The Kier molecular flexibility index (Phi) is 4.97. The van der Waals surface area contributed by atoms with Gasteiger partial charge in [-0.2, -0.15) is 0 Å². The summed E-state index contributed by atoms with van der Waals surface area (Å²) in [4.78, 5) is 37.2. The zero-order valence-electron chi connectivity index (χ0n) is 16.0. The van der Waals surface area contributed by atoms with Crippen molar-refractivity contribution in [1.82, 2.24) is 0 Å². The van der Waals surface area contributed by atoms with E-state index in [1.807, 2.05) is 60.6 Å². The third-order valence-corrected chi connectivity index (χ3v) is 4.45. The molecule has 128 valence electrons. The molecule has 0 aromatic carbocycles. The molecule has 0 amide bonds. The predicted octanol–water partition coefficient (Wildman–Crippen LogP) is 4.31. The number of ketones is 3. The SMILES string of the molecule is CC(=O)C(C(C)=O)C1(C)C=C(C(C)(C)C)C(=O)C(C(C)(C)C)=C1. The highest BCUT2D eigenvalue weighted by Crippen LogP contribution is 2.46. The number of hydrogen-bond donors (Lipinski definition) is 0. The van der Waals surface area contributed by atoms with Crippen molar-refractivity contribution in [2.75, 3.05) is 0 Å². The summed E-state index contributed by atoms with van der Waals surface area (Å²) in [6.45, 7) is 16.7. The maximum Gasteiger partial charge on any atom is 0.185 e. The summed E-state index contributed by atoms with van der Waals surface area (Å²) in [7, 11) is 0. The molecule has 0 radical (unpaired) electrons. The van der Waals surface area contributed by atoms with Gasteiger partial charge in [-0.15, -0.1) is 0 Å². The summed E-state index contributed by atoms with van der Waals surface area (Å²) in [5.41, 5.74) is -0.0981. The molecule has 0 unspecified atom stereocenters. The van der Waals surface area contributed by atoms with Gasteiger partial charge in [-0.05, 0) is 24.7 Å². The molecule has 0 atom stereocenters. The highest BCUT2D eigenvalue weighted by molar-refractivity contribution is 6.12. The van der Waals surface area contributed by atoms with Crippen molar-refractivity contribution in [3.63, 3.8) is 0 Å². The van der Waals surface area contributed by atoms with E-state index in [0.717, 1.165) is 0 Å². The smallest absolute Gasteiger partial charge is 0.185 e. The molecule has 1 aliphatic rings. The molecule has 0 aromatic heterocycles. The first-order valence-electron chi connectivity index (χ1n) is 8.13. The minimum atomic E-state index is -0.767. The number of carbonyl (C=O) groups excluding carboxylic acids is 3. The van der Waals surface area contributed by atoms with Gasteiger partial charge in [-0.1, -0.05) is 60.6 Å². The van der Waals surface area contributed by atoms with Crippen LogP contribution in [0, 0.1) is 22.2 Å². The van der Waals surface area contributed by atoms with Crippen LogP contribution >= 0.6 is 0 Å². The minimum Gasteiger partial charge on any atom is -0.299 e. The Bertz CT molecular complexity index is 556. The summed E-state index contributed by atoms with van der Waals surface area (Å²) in [6.07, 6.45) is 3.69. The Balaban J connectivity index is 3.70. The number of carbonyl (C=O) groups is 3. The molecular weight excluding hydrogens is 288 g/mol. The van der Waals surface area contributed by atoms with Crippen LogP contribution in [0.3, 0.4) is 0 Å². The molecule has 0 aromatic rings. The van der Waals surface area contributed by atoms with Gasteiger partial charge in [0.25, 0.3) is 0 Å². The average molecular weight is 318 g/mol. The molecule has 0 fully saturated rings. The van der Waals surface area contributed by atoms with Gasteiger partial charge in [0.15, 0.2) is 5.78 Å². The zero-order chi connectivity index (χ0) is 18.4. The molecule has 0 bridgehead atoms. The summed E-state index contributed by atoms with van der Waals surface area (Å²) in [6, 6.07) is 0. The van der Waals surface area contributed by atoms with Gasteiger partial charge >= 0.3 is 0 Å². The monoisotopic (exact) mass is 318 g/mol. The average Bonchev–Trinajstić information content (AvgIpc) is 2.28. The molecule has 1 aliphatic carbocycles. The summed E-state index contributed by atoms with van der Waals surface area (Å²) >= 11 is 0. The first kappa shape index (κ1) is 19.5. The fourth-order valence-corrected chi connectivity index (χ4v) is 3.38. The van der Waals surface area contributed by atoms with Crippen molar-refractivity contribution in [2.45, 2.75) is 62.3 Å². The molecule has 0 saturated carbocycles. The van der Waals surface area contributed by atoms with E-state index in [9.17, 15) is 14.4 Å². The van der Waals surface area contributed by atoms with Crippen molar-refractivity contribution in [1.29, 1.82) is 0 Å². The second kappa shape index (κ2) is 5.85. The third-order valence-electron chi connectivity index (χ3n) is 4.45. The van der Waals surface area contributed by atoms with Crippen molar-refractivity contribution in [3.8, 4) is 0 Å². The lowest BCUT2D eigenvalue weighted by Gasteiger charge is -2.40. The first-order valence-corrected chi connectivity index (χ1v) is 8.13. The standard InChI is InChI=1S/C20H30O3/c1-12(21)16(13(2)22)20(9)10-14(18(3,4)5)17(23)15(11-20)19(6,7)8/h10-11,16H,1-9H3. The van der Waals surface area contributed by atoms with E-state index in [1.165, 1.54) is 13.8 Å². The zero-order valence-corrected chi connectivity index (χ0v) is 16.0. The summed E-state index contributed by atoms with van der Waals surface area (Å²) in [5, 5.41) is 0. The normalized spacial score (nSPS) is 18.6. The Hall–Kier alpha value is -1.51. The van der Waals surface area contributed by atoms with Crippen LogP contribution in [-0.2, 0) is 14.4 Å². The lowest BCUT2D eigenvalue weighted by atomic mass is 9.62. The highest BCUT2D eigenvalue weighted by Gasteiger charge is 2.45. The van der Waals surface area contributed by atoms with E-state index in [4.69, 9.17) is 0 Å². The molecule has 0 spiro atoms. The molecule has 1 rings (SSSR count). The van der Waals surface area contributed by atoms with E-state index in [2.05, 4.69) is 0 Å². The number of rotatable bonds is 3. The Morgan fingerprint density at radius 3 is 1.39 bits per heavy atom. The van der Waals surface area contributed by atoms with Crippen LogP contribution in [0.25, 0.3) is 0 Å². The Morgan fingerprint density at radius 2 is 1.17 bits per heavy atom. The second-order valence-electron chi connectivity index (χ2n) is 8.97. The van der Waals surface area contributed by atoms with Crippen LogP contribution in [0.1, 0.15) is 62.3 Å². The van der Waals surface area contributed by atoms with Gasteiger partial charge in [-0.3, -0.25) is 14.4 Å². The van der Waals surface area contributed by atoms with E-state index >= 15 is 0 Å². The van der Waals surface area contributed by atoms with Crippen LogP contribution in [0.4, 0.5) is 0 Å². The predicted molar refractivity (Wildman–Crippen MR) is 93.0 cm³/mol. The van der Waals surface area contributed by atoms with Crippen molar-refractivity contribution in [3.05, 3.63) is 23.3 Å². The van der Waals surface area contributed by atoms with E-state index in [1.54, 1.807) is 0 Å². The lowest BCUT2D eigenvalue weighted by Crippen LogP contribution is -2.40. The quantitative estimate of drug-likeness (QED) is 0.728. The fraction of sp³-hybridized carbons (Fsp3) is 0.650. The Morgan fingerprint density at radius 1 is 0.870 bits per heavy atom. The number of Topliss-reactive ketones (excluding diaryl/α,β-unsaturated/α-hetero) is 3. The van der Waals surface area contributed by atoms with Crippen LogP contribution in [-0.4, -0.2) is 17.3 Å². The van der Waals surface area contributed by atoms with E-state index in [0.29, 0.717) is 11.1 Å². The number of hydrogen-bond acceptors (Lipinski definition) is 3. The number of allylic oxidation sites excluding steroid dienone is 4. The molecular formula is C20H30O3. The van der Waals surface area contributed by atoms with Crippen LogP contribution in [0.2, 0.25) is 0 Å². The molecule has 3 heteroatoms. The molecule has 0 aliphatic heterocycles. The van der Waals surface area contributed by atoms with E-state index < -0.39 is 11.3 Å². The largest absolute Gasteiger partial charge is 0.299 e. The van der Waals surface area contributed by atoms with Crippen LogP contribution < -0.4 is 0 Å². The molecule has 0 N–H and O–H groups in total. The summed E-state index contributed by atoms with van der Waals surface area (Å²) in [5.74, 6) is -1.06. The lowest BCUT2D eigenvalue weighted by molar-refractivity contribution is -0.133. The molecule has 0 saturated heterocycles. The second-order valence-corrected chi connectivity index (χ2v) is 8.97. The molecule has 23 heavy (non-hydrogen) atoms. The summed E-state index contributed by atoms with van der Waals surface area (Å²) < 4.78 is 0. The maximum absolute atomic E-state index is 13.0. The molecule has 3 nitrogen and oxygen atoms in total. The Labute approximate surface area is 140 Å². The topological polar surface area (TPSA) is 51.2 Å². The fourth-order valence-electron chi connectivity index (χ4n) is 3.38. The van der Waals surface area contributed by atoms with Crippen LogP contribution in [0.15, 0.2) is 23.3 Å². The van der Waals surface area contributed by atoms with Gasteiger partial charge < -0.3 is 0 Å². The van der Waals surface area contributed by atoms with Crippen LogP contribution in [0.5, 0.6) is 0 Å². The first-order chi connectivity index (χ1) is 10.1. The van der Waals surface area contributed by atoms with Gasteiger partial charge in [0.05, 0.1) is 5.92 Å². The minimum absolute atomic E-state index is 0.0216. The molecule has 0 heterocycles. The van der Waals surface area contributed by atoms with Gasteiger partial charge in [-0.25, -0.2) is 0 Å². The highest BCUT2D eigenvalue weighted by atomic mass is 16.1. The maximum atomic E-state index is 13.0. The van der Waals surface area contributed by atoms with Crippen molar-refractivity contribution < 1.29 is 14.4 Å². The van der Waals surface area contributed by atoms with Crippen molar-refractivity contribution >= 4 is 17.3 Å². The van der Waals surface area contributed by atoms with Gasteiger partial charge in [0.1, 0.15) is 11.6 Å².